The molecular weight excluding hydrogens is 248 g/mol. The summed E-state index contributed by atoms with van der Waals surface area (Å²) in [6.45, 7) is 0.789. The number of nitrogens with zero attached hydrogens (tertiary/aromatic N) is 2. The van der Waals surface area contributed by atoms with Gasteiger partial charge in [-0.05, 0) is 0 Å². The lowest BCUT2D eigenvalue weighted by Gasteiger charge is -2.11. The molecular formula is C13H12N2O2S. The van der Waals surface area contributed by atoms with Crippen molar-refractivity contribution < 1.29 is 9.32 Å². The van der Waals surface area contributed by atoms with Gasteiger partial charge in [0.1, 0.15) is 0 Å². The Balaban J connectivity index is 1.83. The Kier molecular flexibility index (Phi) is 3.06. The van der Waals surface area contributed by atoms with Crippen molar-refractivity contribution in [2.45, 2.75) is 0 Å². The summed E-state index contributed by atoms with van der Waals surface area (Å²) in [4.78, 5) is 13.9. The zero-order valence-electron chi connectivity index (χ0n) is 9.70. The van der Waals surface area contributed by atoms with Crippen LogP contribution in [0.2, 0.25) is 0 Å². The van der Waals surface area contributed by atoms with E-state index in [-0.39, 0.29) is 5.91 Å². The minimum absolute atomic E-state index is 0.0501. The van der Waals surface area contributed by atoms with Gasteiger partial charge in [-0.1, -0.05) is 35.5 Å². The summed E-state index contributed by atoms with van der Waals surface area (Å²) in [5, 5.41) is 3.86. The molecule has 92 valence electrons. The quantitative estimate of drug-likeness (QED) is 0.832. The second-order valence-corrected chi connectivity index (χ2v) is 5.12. The first-order chi connectivity index (χ1) is 8.84. The van der Waals surface area contributed by atoms with Crippen LogP contribution in [0.15, 0.2) is 40.9 Å². The predicted octanol–water partition coefficient (Wildman–Crippen LogP) is 2.49. The summed E-state index contributed by atoms with van der Waals surface area (Å²) in [7, 11) is 0. The number of amides is 1. The van der Waals surface area contributed by atoms with E-state index in [0.717, 1.165) is 23.7 Å². The Hall–Kier alpha value is -1.75. The lowest BCUT2D eigenvalue weighted by Crippen LogP contribution is -2.27. The lowest BCUT2D eigenvalue weighted by atomic mass is 10.1. The first kappa shape index (κ1) is 11.3. The molecule has 0 saturated carbocycles. The van der Waals surface area contributed by atoms with Crippen molar-refractivity contribution in [1.82, 2.24) is 10.1 Å². The van der Waals surface area contributed by atoms with Gasteiger partial charge in [0, 0.05) is 23.9 Å². The van der Waals surface area contributed by atoms with E-state index in [0.29, 0.717) is 11.5 Å². The van der Waals surface area contributed by atoms with Gasteiger partial charge >= 0.3 is 0 Å². The van der Waals surface area contributed by atoms with Gasteiger partial charge in [-0.25, -0.2) is 0 Å². The molecule has 0 spiro atoms. The summed E-state index contributed by atoms with van der Waals surface area (Å²) in [6.07, 6.45) is 0. The molecule has 2 aromatic rings. The zero-order chi connectivity index (χ0) is 12.4. The maximum absolute atomic E-state index is 12.1. The van der Waals surface area contributed by atoms with E-state index in [1.165, 1.54) is 0 Å². The highest BCUT2D eigenvalue weighted by Crippen LogP contribution is 2.22. The largest absolute Gasteiger partial charge is 0.355 e. The second-order valence-electron chi connectivity index (χ2n) is 4.05. The summed E-state index contributed by atoms with van der Waals surface area (Å²) in [5.74, 6) is 2.32. The highest BCUT2D eigenvalue weighted by molar-refractivity contribution is 7.99. The van der Waals surface area contributed by atoms with Crippen LogP contribution in [-0.4, -0.2) is 34.1 Å². The molecule has 0 bridgehead atoms. The number of carbonyl (C=O) groups is 1. The molecule has 0 unspecified atom stereocenters. The molecule has 0 radical (unpaired) electrons. The lowest BCUT2D eigenvalue weighted by molar-refractivity contribution is 0.0792. The van der Waals surface area contributed by atoms with Crippen molar-refractivity contribution in [3.63, 3.8) is 0 Å². The number of carbonyl (C=O) groups excluding carboxylic acids is 1. The molecule has 4 nitrogen and oxygen atoms in total. The van der Waals surface area contributed by atoms with Crippen molar-refractivity contribution in [2.75, 3.05) is 18.2 Å². The molecule has 18 heavy (non-hydrogen) atoms. The number of hydrogen-bond donors (Lipinski definition) is 0. The Bertz CT molecular complexity index is 547. The fourth-order valence-electron chi connectivity index (χ4n) is 1.85. The van der Waals surface area contributed by atoms with E-state index in [1.54, 1.807) is 22.7 Å². The summed E-state index contributed by atoms with van der Waals surface area (Å²) in [5.41, 5.74) is 1.32. The molecule has 1 aromatic heterocycles. The second kappa shape index (κ2) is 4.86. The molecule has 1 amide bonds. The molecule has 0 N–H and O–H groups in total. The van der Waals surface area contributed by atoms with Crippen molar-refractivity contribution >= 4 is 17.7 Å². The van der Waals surface area contributed by atoms with E-state index in [2.05, 4.69) is 5.16 Å². The smallest absolute Gasteiger partial charge is 0.276 e. The molecule has 1 fully saturated rings. The number of benzene rings is 1. The maximum Gasteiger partial charge on any atom is 0.276 e. The van der Waals surface area contributed by atoms with Gasteiger partial charge < -0.3 is 9.42 Å². The molecule has 1 aliphatic rings. The van der Waals surface area contributed by atoms with E-state index < -0.39 is 0 Å². The Morgan fingerprint density at radius 1 is 1.33 bits per heavy atom. The van der Waals surface area contributed by atoms with Gasteiger partial charge in [-0.3, -0.25) is 4.79 Å². The third kappa shape index (κ3) is 2.13. The molecule has 0 atom stereocenters. The standard InChI is InChI=1S/C13H12N2O2S/c16-13(15-6-7-18-9-15)11-8-12(17-14-11)10-4-2-1-3-5-10/h1-5,8H,6-7,9H2. The van der Waals surface area contributed by atoms with Crippen LogP contribution in [0.4, 0.5) is 0 Å². The molecule has 1 saturated heterocycles. The van der Waals surface area contributed by atoms with Crippen LogP contribution in [0, 0.1) is 0 Å². The Labute approximate surface area is 109 Å². The number of thioether (sulfide) groups is 1. The van der Waals surface area contributed by atoms with E-state index >= 15 is 0 Å². The first-order valence-electron chi connectivity index (χ1n) is 5.74. The van der Waals surface area contributed by atoms with Crippen LogP contribution in [0.3, 0.4) is 0 Å². The molecule has 5 heteroatoms. The molecule has 0 aliphatic carbocycles. The van der Waals surface area contributed by atoms with Crippen LogP contribution in [-0.2, 0) is 0 Å². The third-order valence-corrected chi connectivity index (χ3v) is 3.79. The number of hydrogen-bond acceptors (Lipinski definition) is 4. The van der Waals surface area contributed by atoms with Crippen LogP contribution in [0.1, 0.15) is 10.5 Å². The van der Waals surface area contributed by atoms with Gasteiger partial charge in [0.2, 0.25) is 0 Å². The van der Waals surface area contributed by atoms with Crippen molar-refractivity contribution in [1.29, 1.82) is 0 Å². The van der Waals surface area contributed by atoms with Gasteiger partial charge in [0.05, 0.1) is 5.88 Å². The molecule has 2 heterocycles. The maximum atomic E-state index is 12.1. The molecule has 1 aromatic carbocycles. The highest BCUT2D eigenvalue weighted by atomic mass is 32.2. The third-order valence-electron chi connectivity index (χ3n) is 2.83. The summed E-state index contributed by atoms with van der Waals surface area (Å²) in [6, 6.07) is 11.4. The van der Waals surface area contributed by atoms with Gasteiger partial charge in [0.25, 0.3) is 5.91 Å². The van der Waals surface area contributed by atoms with Crippen molar-refractivity contribution in [3.05, 3.63) is 42.1 Å². The number of aromatic nitrogens is 1. The molecule has 1 aliphatic heterocycles. The van der Waals surface area contributed by atoms with Gasteiger partial charge in [-0.2, -0.15) is 0 Å². The van der Waals surface area contributed by atoms with Gasteiger partial charge in [0.15, 0.2) is 11.5 Å². The minimum Gasteiger partial charge on any atom is -0.355 e. The summed E-state index contributed by atoms with van der Waals surface area (Å²) < 4.78 is 5.23. The highest BCUT2D eigenvalue weighted by Gasteiger charge is 2.23. The predicted molar refractivity (Wildman–Crippen MR) is 70.3 cm³/mol. The van der Waals surface area contributed by atoms with Crippen LogP contribution in [0.25, 0.3) is 11.3 Å². The Morgan fingerprint density at radius 3 is 2.89 bits per heavy atom. The van der Waals surface area contributed by atoms with Gasteiger partial charge in [-0.15, -0.1) is 11.8 Å². The fourth-order valence-corrected chi connectivity index (χ4v) is 2.80. The normalized spacial score (nSPS) is 15.0. The average Bonchev–Trinajstić information content (AvgIpc) is 3.10. The molecule has 3 rings (SSSR count). The van der Waals surface area contributed by atoms with Crippen LogP contribution in [0.5, 0.6) is 0 Å². The number of rotatable bonds is 2. The van der Waals surface area contributed by atoms with Crippen molar-refractivity contribution in [2.24, 2.45) is 0 Å². The topological polar surface area (TPSA) is 46.3 Å². The summed E-state index contributed by atoms with van der Waals surface area (Å²) >= 11 is 1.76. The first-order valence-corrected chi connectivity index (χ1v) is 6.89. The van der Waals surface area contributed by atoms with E-state index in [4.69, 9.17) is 4.52 Å². The fraction of sp³-hybridized carbons (Fsp3) is 0.231. The van der Waals surface area contributed by atoms with Crippen molar-refractivity contribution in [3.8, 4) is 11.3 Å². The monoisotopic (exact) mass is 260 g/mol. The minimum atomic E-state index is -0.0501. The Morgan fingerprint density at radius 2 is 2.17 bits per heavy atom. The van der Waals surface area contributed by atoms with Crippen LogP contribution < -0.4 is 0 Å². The van der Waals surface area contributed by atoms with Crippen LogP contribution >= 0.6 is 11.8 Å². The van der Waals surface area contributed by atoms with E-state index in [1.807, 2.05) is 30.3 Å². The zero-order valence-corrected chi connectivity index (χ0v) is 10.5. The average molecular weight is 260 g/mol. The van der Waals surface area contributed by atoms with E-state index in [9.17, 15) is 4.79 Å². The SMILES string of the molecule is O=C(c1cc(-c2ccccc2)on1)N1CCSC1.